The summed E-state index contributed by atoms with van der Waals surface area (Å²) in [5, 5.41) is 0. The Hall–Kier alpha value is -0.220. The first-order valence-corrected chi connectivity index (χ1v) is 7.74. The van der Waals surface area contributed by atoms with Crippen molar-refractivity contribution in [3.63, 3.8) is 0 Å². The molecule has 0 aromatic rings. The normalized spacial score (nSPS) is 40.1. The van der Waals surface area contributed by atoms with Crippen LogP contribution in [0.5, 0.6) is 0 Å². The van der Waals surface area contributed by atoms with Gasteiger partial charge in [-0.1, -0.05) is 6.92 Å². The molecule has 2 aliphatic carbocycles. The standard InChI is InChI=1S/C15H28F2N2/c1-15(14(16)17,10-2-6-12(18)7-3-10)11-4-8-13(19)9-5-11/h10-14H,2-9,18-19H2,1H3. The van der Waals surface area contributed by atoms with Crippen LogP contribution in [0.3, 0.4) is 0 Å². The second-order valence-corrected chi connectivity index (χ2v) is 6.89. The molecule has 4 heteroatoms. The third-order valence-corrected chi connectivity index (χ3v) is 5.77. The fourth-order valence-electron chi connectivity index (χ4n) is 4.17. The van der Waals surface area contributed by atoms with Crippen molar-refractivity contribution < 1.29 is 8.78 Å². The van der Waals surface area contributed by atoms with E-state index in [9.17, 15) is 8.78 Å². The van der Waals surface area contributed by atoms with Crippen molar-refractivity contribution in [1.82, 2.24) is 0 Å². The van der Waals surface area contributed by atoms with Crippen molar-refractivity contribution in [3.8, 4) is 0 Å². The van der Waals surface area contributed by atoms with E-state index < -0.39 is 11.8 Å². The zero-order valence-electron chi connectivity index (χ0n) is 12.0. The predicted molar refractivity (Wildman–Crippen MR) is 74.0 cm³/mol. The summed E-state index contributed by atoms with van der Waals surface area (Å²) in [7, 11) is 0. The molecule has 0 atom stereocenters. The molecule has 4 N–H and O–H groups in total. The van der Waals surface area contributed by atoms with Crippen LogP contribution in [0.2, 0.25) is 0 Å². The molecule has 0 aromatic heterocycles. The molecule has 0 amide bonds. The van der Waals surface area contributed by atoms with E-state index in [1.807, 2.05) is 6.92 Å². The molecule has 0 heterocycles. The van der Waals surface area contributed by atoms with Crippen LogP contribution in [0.4, 0.5) is 8.78 Å². The van der Waals surface area contributed by atoms with Gasteiger partial charge in [-0.15, -0.1) is 0 Å². The molecule has 0 bridgehead atoms. The maximum atomic E-state index is 13.8. The average Bonchev–Trinajstić information content (AvgIpc) is 2.39. The molecule has 2 nitrogen and oxygen atoms in total. The highest BCUT2D eigenvalue weighted by Gasteiger charge is 2.49. The third kappa shape index (κ3) is 3.10. The fraction of sp³-hybridized carbons (Fsp3) is 1.00. The van der Waals surface area contributed by atoms with E-state index in [0.717, 1.165) is 51.4 Å². The van der Waals surface area contributed by atoms with Gasteiger partial charge < -0.3 is 11.5 Å². The van der Waals surface area contributed by atoms with Crippen molar-refractivity contribution in [2.45, 2.75) is 76.8 Å². The highest BCUT2D eigenvalue weighted by Crippen LogP contribution is 2.51. The third-order valence-electron chi connectivity index (χ3n) is 5.77. The lowest BCUT2D eigenvalue weighted by molar-refractivity contribution is -0.0964. The maximum Gasteiger partial charge on any atom is 0.244 e. The van der Waals surface area contributed by atoms with Gasteiger partial charge in [-0.05, 0) is 63.2 Å². The molecule has 0 aromatic carbocycles. The minimum absolute atomic E-state index is 0.131. The minimum atomic E-state index is -2.23. The van der Waals surface area contributed by atoms with Crippen LogP contribution in [0, 0.1) is 17.3 Å². The van der Waals surface area contributed by atoms with Crippen molar-refractivity contribution >= 4 is 0 Å². The molecule has 0 unspecified atom stereocenters. The van der Waals surface area contributed by atoms with Gasteiger partial charge in [0.1, 0.15) is 0 Å². The number of nitrogens with two attached hydrogens (primary N) is 2. The van der Waals surface area contributed by atoms with Crippen molar-refractivity contribution in [2.24, 2.45) is 28.7 Å². The monoisotopic (exact) mass is 274 g/mol. The van der Waals surface area contributed by atoms with Gasteiger partial charge in [-0.2, -0.15) is 0 Å². The summed E-state index contributed by atoms with van der Waals surface area (Å²) in [5.41, 5.74) is 11.0. The van der Waals surface area contributed by atoms with Crippen LogP contribution >= 0.6 is 0 Å². The van der Waals surface area contributed by atoms with Gasteiger partial charge in [-0.25, -0.2) is 8.78 Å². The summed E-state index contributed by atoms with van der Waals surface area (Å²) >= 11 is 0. The number of alkyl halides is 2. The van der Waals surface area contributed by atoms with Crippen molar-refractivity contribution in [3.05, 3.63) is 0 Å². The van der Waals surface area contributed by atoms with Crippen molar-refractivity contribution in [2.75, 3.05) is 0 Å². The van der Waals surface area contributed by atoms with E-state index in [1.165, 1.54) is 0 Å². The molecular weight excluding hydrogens is 246 g/mol. The Balaban J connectivity index is 2.08. The van der Waals surface area contributed by atoms with Crippen LogP contribution in [0.15, 0.2) is 0 Å². The first kappa shape index (κ1) is 15.2. The van der Waals surface area contributed by atoms with Crippen LogP contribution in [0.25, 0.3) is 0 Å². The minimum Gasteiger partial charge on any atom is -0.328 e. The lowest BCUT2D eigenvalue weighted by Crippen LogP contribution is -2.46. The Bertz CT molecular complexity index is 258. The molecule has 0 spiro atoms. The van der Waals surface area contributed by atoms with Crippen LogP contribution < -0.4 is 11.5 Å². The lowest BCUT2D eigenvalue weighted by Gasteiger charge is -2.47. The van der Waals surface area contributed by atoms with E-state index >= 15 is 0 Å². The maximum absolute atomic E-state index is 13.8. The van der Waals surface area contributed by atoms with Crippen LogP contribution in [0.1, 0.15) is 58.3 Å². The number of halogens is 2. The zero-order chi connectivity index (χ0) is 14.0. The molecule has 0 saturated heterocycles. The highest BCUT2D eigenvalue weighted by molar-refractivity contribution is 4.95. The van der Waals surface area contributed by atoms with Crippen LogP contribution in [-0.4, -0.2) is 18.5 Å². The smallest absolute Gasteiger partial charge is 0.244 e. The molecule has 19 heavy (non-hydrogen) atoms. The van der Waals surface area contributed by atoms with E-state index in [2.05, 4.69) is 0 Å². The predicted octanol–water partition coefficient (Wildman–Crippen LogP) is 3.29. The second-order valence-electron chi connectivity index (χ2n) is 6.89. The highest BCUT2D eigenvalue weighted by atomic mass is 19.3. The Morgan fingerprint density at radius 3 is 1.37 bits per heavy atom. The molecule has 2 aliphatic rings. The van der Waals surface area contributed by atoms with Crippen molar-refractivity contribution in [1.29, 1.82) is 0 Å². The van der Waals surface area contributed by atoms with Gasteiger partial charge in [-0.3, -0.25) is 0 Å². The molecule has 0 radical (unpaired) electrons. The van der Waals surface area contributed by atoms with Gasteiger partial charge >= 0.3 is 0 Å². The van der Waals surface area contributed by atoms with Gasteiger partial charge in [0.15, 0.2) is 0 Å². The quantitative estimate of drug-likeness (QED) is 0.829. The topological polar surface area (TPSA) is 52.0 Å². The Kier molecular flexibility index (Phi) is 4.83. The zero-order valence-corrected chi connectivity index (χ0v) is 12.0. The molecular formula is C15H28F2N2. The Labute approximate surface area is 115 Å². The largest absolute Gasteiger partial charge is 0.328 e. The summed E-state index contributed by atoms with van der Waals surface area (Å²) in [6, 6.07) is 0.441. The summed E-state index contributed by atoms with van der Waals surface area (Å²) < 4.78 is 27.6. The summed E-state index contributed by atoms with van der Waals surface area (Å²) in [6.07, 6.45) is 4.84. The Morgan fingerprint density at radius 2 is 1.11 bits per heavy atom. The number of hydrogen-bond acceptors (Lipinski definition) is 2. The average molecular weight is 274 g/mol. The second kappa shape index (κ2) is 6.04. The summed E-state index contributed by atoms with van der Waals surface area (Å²) in [4.78, 5) is 0. The fourth-order valence-corrected chi connectivity index (χ4v) is 4.17. The van der Waals surface area contributed by atoms with Gasteiger partial charge in [0, 0.05) is 17.5 Å². The van der Waals surface area contributed by atoms with E-state index in [1.54, 1.807) is 0 Å². The van der Waals surface area contributed by atoms with Gasteiger partial charge in [0.2, 0.25) is 6.43 Å². The molecule has 2 fully saturated rings. The van der Waals surface area contributed by atoms with E-state index in [-0.39, 0.29) is 23.9 Å². The summed E-state index contributed by atoms with van der Waals surface area (Å²) in [6.45, 7) is 1.82. The number of rotatable bonds is 3. The lowest BCUT2D eigenvalue weighted by atomic mass is 9.59. The Morgan fingerprint density at radius 1 is 0.789 bits per heavy atom. The van der Waals surface area contributed by atoms with Gasteiger partial charge in [0.05, 0.1) is 0 Å². The van der Waals surface area contributed by atoms with Crippen LogP contribution in [-0.2, 0) is 0 Å². The molecule has 2 saturated carbocycles. The summed E-state index contributed by atoms with van der Waals surface area (Å²) in [5.74, 6) is 0.262. The first-order valence-electron chi connectivity index (χ1n) is 7.74. The van der Waals surface area contributed by atoms with E-state index in [0.29, 0.717) is 0 Å². The first-order chi connectivity index (χ1) is 8.94. The van der Waals surface area contributed by atoms with Gasteiger partial charge in [0.25, 0.3) is 0 Å². The molecule has 0 aliphatic heterocycles. The molecule has 2 rings (SSSR count). The number of hydrogen-bond donors (Lipinski definition) is 2. The van der Waals surface area contributed by atoms with E-state index in [4.69, 9.17) is 11.5 Å². The SMILES string of the molecule is CC(C(F)F)(C1CCC(N)CC1)C1CCC(N)CC1. The molecule has 112 valence electrons.